The van der Waals surface area contributed by atoms with Crippen LogP contribution in [0.15, 0.2) is 48.5 Å². The Morgan fingerprint density at radius 2 is 1.71 bits per heavy atom. The lowest BCUT2D eigenvalue weighted by molar-refractivity contribution is -0.139. The number of methoxy groups -OCH3 is 1. The van der Waals surface area contributed by atoms with Crippen LogP contribution in [0.3, 0.4) is 0 Å². The first kappa shape index (κ1) is 27.2. The second kappa shape index (κ2) is 11.9. The lowest BCUT2D eigenvalue weighted by atomic mass is 10.1. The summed E-state index contributed by atoms with van der Waals surface area (Å²) in [7, 11) is -2.39. The number of nitrogens with one attached hydrogen (secondary N) is 1. The van der Waals surface area contributed by atoms with Gasteiger partial charge < -0.3 is 15.0 Å². The van der Waals surface area contributed by atoms with Crippen LogP contribution in [0.5, 0.6) is 5.75 Å². The molecule has 0 aromatic heterocycles. The summed E-state index contributed by atoms with van der Waals surface area (Å²) in [5, 5.41) is 2.86. The predicted molar refractivity (Wildman–Crippen MR) is 134 cm³/mol. The lowest BCUT2D eigenvalue weighted by Gasteiger charge is -2.32. The van der Waals surface area contributed by atoms with Gasteiger partial charge in [-0.1, -0.05) is 50.2 Å². The number of sulfonamides is 1. The minimum atomic E-state index is -3.83. The van der Waals surface area contributed by atoms with E-state index in [1.54, 1.807) is 25.1 Å². The SMILES string of the molecule is COc1ccc(C)cc1N(CC(=O)N(Cc1ccccc1)C(C)C(=O)NCC(C)C)S(C)(=O)=O. The number of rotatable bonds is 11. The molecule has 0 aliphatic rings. The zero-order valence-corrected chi connectivity index (χ0v) is 21.6. The number of carbonyl (C=O) groups excluding carboxylic acids is 2. The van der Waals surface area contributed by atoms with Gasteiger partial charge in [0.1, 0.15) is 18.3 Å². The molecule has 1 N–H and O–H groups in total. The van der Waals surface area contributed by atoms with Crippen LogP contribution in [-0.2, 0) is 26.2 Å². The maximum atomic E-state index is 13.5. The number of benzene rings is 2. The number of nitrogens with zero attached hydrogens (tertiary/aromatic N) is 2. The zero-order chi connectivity index (χ0) is 25.5. The van der Waals surface area contributed by atoms with Crippen LogP contribution < -0.4 is 14.4 Å². The van der Waals surface area contributed by atoms with E-state index in [9.17, 15) is 18.0 Å². The summed E-state index contributed by atoms with van der Waals surface area (Å²) in [6, 6.07) is 13.6. The molecule has 0 fully saturated rings. The average molecular weight is 490 g/mol. The van der Waals surface area contributed by atoms with Gasteiger partial charge >= 0.3 is 0 Å². The number of aryl methyl sites for hydroxylation is 1. The first-order valence-corrected chi connectivity index (χ1v) is 13.0. The third-order valence-electron chi connectivity index (χ3n) is 5.33. The van der Waals surface area contributed by atoms with Gasteiger partial charge in [-0.05, 0) is 43.0 Å². The van der Waals surface area contributed by atoms with Crippen molar-refractivity contribution in [2.75, 3.05) is 30.8 Å². The van der Waals surface area contributed by atoms with Gasteiger partial charge in [0.05, 0.1) is 19.1 Å². The van der Waals surface area contributed by atoms with E-state index in [0.29, 0.717) is 12.3 Å². The molecule has 1 unspecified atom stereocenters. The topological polar surface area (TPSA) is 96.0 Å². The van der Waals surface area contributed by atoms with Crippen LogP contribution in [0, 0.1) is 12.8 Å². The van der Waals surface area contributed by atoms with Gasteiger partial charge in [-0.15, -0.1) is 0 Å². The van der Waals surface area contributed by atoms with E-state index >= 15 is 0 Å². The van der Waals surface area contributed by atoms with Crippen molar-refractivity contribution in [3.8, 4) is 5.75 Å². The molecule has 0 saturated heterocycles. The smallest absolute Gasteiger partial charge is 0.244 e. The highest BCUT2D eigenvalue weighted by atomic mass is 32.2. The first-order chi connectivity index (χ1) is 15.9. The Balaban J connectivity index is 2.41. The van der Waals surface area contributed by atoms with E-state index in [4.69, 9.17) is 4.74 Å². The molecule has 2 amide bonds. The highest BCUT2D eigenvalue weighted by Gasteiger charge is 2.31. The summed E-state index contributed by atoms with van der Waals surface area (Å²) < 4.78 is 31.8. The molecule has 9 heteroatoms. The van der Waals surface area contributed by atoms with Gasteiger partial charge in [-0.25, -0.2) is 8.42 Å². The molecule has 186 valence electrons. The van der Waals surface area contributed by atoms with Crippen LogP contribution in [0.2, 0.25) is 0 Å². The fourth-order valence-electron chi connectivity index (χ4n) is 3.40. The van der Waals surface area contributed by atoms with Gasteiger partial charge in [0, 0.05) is 13.1 Å². The predicted octanol–water partition coefficient (Wildman–Crippen LogP) is 2.96. The third kappa shape index (κ3) is 7.48. The Bertz CT molecular complexity index is 1090. The second-order valence-corrected chi connectivity index (χ2v) is 10.7. The molecule has 2 rings (SSSR count). The van der Waals surface area contributed by atoms with Crippen LogP contribution in [0.1, 0.15) is 31.9 Å². The van der Waals surface area contributed by atoms with Crippen molar-refractivity contribution in [2.45, 2.75) is 40.3 Å². The number of hydrogen-bond acceptors (Lipinski definition) is 5. The standard InChI is InChI=1S/C25H35N3O5S/c1-18(2)15-26-25(30)20(4)27(16-21-10-8-7-9-11-21)24(29)17-28(34(6,31)32)22-14-19(3)12-13-23(22)33-5/h7-14,18,20H,15-17H2,1-6H3,(H,26,30). The summed E-state index contributed by atoms with van der Waals surface area (Å²) in [5.41, 5.74) is 1.92. The van der Waals surface area contributed by atoms with E-state index in [2.05, 4.69) is 5.32 Å². The molecule has 0 radical (unpaired) electrons. The normalized spacial score (nSPS) is 12.2. The Hall–Kier alpha value is -3.07. The average Bonchev–Trinajstić information content (AvgIpc) is 2.78. The maximum absolute atomic E-state index is 13.5. The minimum absolute atomic E-state index is 0.165. The number of hydrogen-bond donors (Lipinski definition) is 1. The van der Waals surface area contributed by atoms with Crippen molar-refractivity contribution in [3.63, 3.8) is 0 Å². The van der Waals surface area contributed by atoms with Crippen molar-refractivity contribution >= 4 is 27.5 Å². The summed E-state index contributed by atoms with van der Waals surface area (Å²) in [6.07, 6.45) is 1.04. The molecule has 0 bridgehead atoms. The maximum Gasteiger partial charge on any atom is 0.244 e. The van der Waals surface area contributed by atoms with Crippen molar-refractivity contribution in [1.29, 1.82) is 0 Å². The summed E-state index contributed by atoms with van der Waals surface area (Å²) in [6.45, 7) is 7.62. The summed E-state index contributed by atoms with van der Waals surface area (Å²) >= 11 is 0. The van der Waals surface area contributed by atoms with Crippen LogP contribution in [0.4, 0.5) is 5.69 Å². The van der Waals surface area contributed by atoms with E-state index < -0.39 is 28.5 Å². The number of anilines is 1. The van der Waals surface area contributed by atoms with Crippen molar-refractivity contribution in [1.82, 2.24) is 10.2 Å². The van der Waals surface area contributed by atoms with Gasteiger partial charge in [0.25, 0.3) is 0 Å². The van der Waals surface area contributed by atoms with E-state index in [0.717, 1.165) is 21.7 Å². The number of amides is 2. The molecule has 0 aliphatic carbocycles. The Morgan fingerprint density at radius 1 is 1.06 bits per heavy atom. The number of carbonyl (C=O) groups is 2. The third-order valence-corrected chi connectivity index (χ3v) is 6.46. The number of ether oxygens (including phenoxy) is 1. The van der Waals surface area contributed by atoms with Gasteiger partial charge in [0.15, 0.2) is 0 Å². The minimum Gasteiger partial charge on any atom is -0.495 e. The van der Waals surface area contributed by atoms with Gasteiger partial charge in [0.2, 0.25) is 21.8 Å². The molecule has 2 aromatic carbocycles. The molecule has 34 heavy (non-hydrogen) atoms. The highest BCUT2D eigenvalue weighted by molar-refractivity contribution is 7.92. The molecular formula is C25H35N3O5S. The summed E-state index contributed by atoms with van der Waals surface area (Å²) in [4.78, 5) is 27.8. The molecule has 8 nitrogen and oxygen atoms in total. The van der Waals surface area contributed by atoms with E-state index in [-0.39, 0.29) is 24.1 Å². The van der Waals surface area contributed by atoms with Crippen molar-refractivity contribution in [3.05, 3.63) is 59.7 Å². The Morgan fingerprint density at radius 3 is 2.26 bits per heavy atom. The van der Waals surface area contributed by atoms with Gasteiger partial charge in [-0.2, -0.15) is 0 Å². The fraction of sp³-hybridized carbons (Fsp3) is 0.440. The molecule has 1 atom stereocenters. The fourth-order valence-corrected chi connectivity index (χ4v) is 4.25. The molecule has 0 aliphatic heterocycles. The summed E-state index contributed by atoms with van der Waals surface area (Å²) in [5.74, 6) is -0.202. The van der Waals surface area contributed by atoms with Crippen LogP contribution in [0.25, 0.3) is 0 Å². The highest BCUT2D eigenvalue weighted by Crippen LogP contribution is 2.31. The Kier molecular flexibility index (Phi) is 9.49. The lowest BCUT2D eigenvalue weighted by Crippen LogP contribution is -2.51. The monoisotopic (exact) mass is 489 g/mol. The molecule has 2 aromatic rings. The van der Waals surface area contributed by atoms with Crippen molar-refractivity contribution in [2.24, 2.45) is 5.92 Å². The van der Waals surface area contributed by atoms with Gasteiger partial charge in [-0.3, -0.25) is 13.9 Å². The molecule has 0 saturated carbocycles. The molecule has 0 spiro atoms. The molecular weight excluding hydrogens is 454 g/mol. The largest absolute Gasteiger partial charge is 0.495 e. The quantitative estimate of drug-likeness (QED) is 0.524. The second-order valence-electron chi connectivity index (χ2n) is 8.77. The van der Waals surface area contributed by atoms with Crippen LogP contribution >= 0.6 is 0 Å². The molecule has 0 heterocycles. The zero-order valence-electron chi connectivity index (χ0n) is 20.7. The Labute approximate surface area is 202 Å². The van der Waals surface area contributed by atoms with E-state index in [1.165, 1.54) is 12.0 Å². The first-order valence-electron chi connectivity index (χ1n) is 11.2. The van der Waals surface area contributed by atoms with Crippen molar-refractivity contribution < 1.29 is 22.7 Å². The van der Waals surface area contributed by atoms with Crippen LogP contribution in [-0.4, -0.2) is 57.6 Å². The van der Waals surface area contributed by atoms with E-state index in [1.807, 2.05) is 51.1 Å².